The number of fused-ring (bicyclic) bond motifs is 1. The van der Waals surface area contributed by atoms with Crippen molar-refractivity contribution in [3.8, 4) is 0 Å². The second kappa shape index (κ2) is 4.29. The van der Waals surface area contributed by atoms with Crippen molar-refractivity contribution in [1.29, 1.82) is 0 Å². The molecular formula is C12H16N4O2. The molecule has 0 spiro atoms. The third kappa shape index (κ3) is 1.79. The molecule has 0 unspecified atom stereocenters. The molecule has 18 heavy (non-hydrogen) atoms. The Bertz CT molecular complexity index is 712. The average molecular weight is 248 g/mol. The maximum Gasteiger partial charge on any atom is 0.332 e. The number of hydrogen-bond acceptors (Lipinski definition) is 4. The number of rotatable bonds is 2. The zero-order valence-electron chi connectivity index (χ0n) is 10.7. The van der Waals surface area contributed by atoms with Gasteiger partial charge in [0.2, 0.25) is 0 Å². The first kappa shape index (κ1) is 12.3. The first-order valence-corrected chi connectivity index (χ1v) is 5.77. The molecule has 0 fully saturated rings. The van der Waals surface area contributed by atoms with E-state index in [9.17, 15) is 9.59 Å². The molecule has 96 valence electrons. The molecule has 0 amide bonds. The van der Waals surface area contributed by atoms with Crippen LogP contribution in [0.2, 0.25) is 0 Å². The summed E-state index contributed by atoms with van der Waals surface area (Å²) in [7, 11) is 1.45. The fourth-order valence-corrected chi connectivity index (χ4v) is 1.94. The average Bonchev–Trinajstić information content (AvgIpc) is 2.31. The van der Waals surface area contributed by atoms with Crippen LogP contribution >= 0.6 is 0 Å². The van der Waals surface area contributed by atoms with Crippen LogP contribution in [-0.2, 0) is 13.6 Å². The first-order valence-electron chi connectivity index (χ1n) is 5.77. The number of pyridine rings is 1. The molecule has 6 nitrogen and oxygen atoms in total. The predicted molar refractivity (Wildman–Crippen MR) is 70.5 cm³/mol. The lowest BCUT2D eigenvalue weighted by Crippen LogP contribution is -2.39. The molecule has 2 N–H and O–H groups in total. The van der Waals surface area contributed by atoms with Crippen LogP contribution in [0.1, 0.15) is 13.8 Å². The monoisotopic (exact) mass is 248 g/mol. The highest BCUT2D eigenvalue weighted by Crippen LogP contribution is 2.13. The third-order valence-electron chi connectivity index (χ3n) is 2.80. The minimum absolute atomic E-state index is 0.270. The smallest absolute Gasteiger partial charge is 0.332 e. The fraction of sp³-hybridized carbons (Fsp3) is 0.417. The van der Waals surface area contributed by atoms with Crippen LogP contribution < -0.4 is 17.0 Å². The van der Waals surface area contributed by atoms with E-state index in [2.05, 4.69) is 4.98 Å². The highest BCUT2D eigenvalue weighted by Gasteiger charge is 2.14. The molecule has 2 rings (SSSR count). The van der Waals surface area contributed by atoms with Crippen LogP contribution in [0.5, 0.6) is 0 Å². The summed E-state index contributed by atoms with van der Waals surface area (Å²) in [5, 5.41) is 0.306. The van der Waals surface area contributed by atoms with Crippen LogP contribution in [0, 0.1) is 5.92 Å². The number of hydrogen-bond donors (Lipinski definition) is 1. The lowest BCUT2D eigenvalue weighted by atomic mass is 10.2. The van der Waals surface area contributed by atoms with Gasteiger partial charge < -0.3 is 5.73 Å². The van der Waals surface area contributed by atoms with Crippen molar-refractivity contribution < 1.29 is 0 Å². The van der Waals surface area contributed by atoms with Gasteiger partial charge in [0.05, 0.1) is 0 Å². The van der Waals surface area contributed by atoms with Crippen molar-refractivity contribution in [2.24, 2.45) is 13.0 Å². The van der Waals surface area contributed by atoms with Crippen LogP contribution in [0.15, 0.2) is 21.9 Å². The van der Waals surface area contributed by atoms with Crippen molar-refractivity contribution >= 4 is 16.7 Å². The minimum Gasteiger partial charge on any atom is -0.398 e. The quantitative estimate of drug-likeness (QED) is 0.830. The van der Waals surface area contributed by atoms with Crippen LogP contribution in [0.25, 0.3) is 11.0 Å². The molecule has 0 atom stereocenters. The van der Waals surface area contributed by atoms with Gasteiger partial charge in [-0.25, -0.2) is 9.78 Å². The zero-order valence-corrected chi connectivity index (χ0v) is 10.7. The Morgan fingerprint density at radius 3 is 2.67 bits per heavy atom. The Morgan fingerprint density at radius 1 is 1.39 bits per heavy atom. The number of aromatic nitrogens is 3. The Hall–Kier alpha value is -2.11. The fourth-order valence-electron chi connectivity index (χ4n) is 1.94. The SMILES string of the molecule is CC(C)Cn1c(=O)n(C)c(=O)c2c(N)ccnc21. The van der Waals surface area contributed by atoms with Crippen LogP contribution in [0.4, 0.5) is 5.69 Å². The summed E-state index contributed by atoms with van der Waals surface area (Å²) in [5.41, 5.74) is 5.75. The van der Waals surface area contributed by atoms with Crippen molar-refractivity contribution in [3.63, 3.8) is 0 Å². The number of anilines is 1. The highest BCUT2D eigenvalue weighted by atomic mass is 16.2. The van der Waals surface area contributed by atoms with Gasteiger partial charge in [-0.1, -0.05) is 13.8 Å². The molecule has 0 bridgehead atoms. The number of nitrogens with two attached hydrogens (primary N) is 1. The molecule has 0 radical (unpaired) electrons. The Balaban J connectivity index is 2.98. The molecule has 6 heteroatoms. The summed E-state index contributed by atoms with van der Waals surface area (Å²) in [6, 6.07) is 1.56. The van der Waals surface area contributed by atoms with E-state index in [4.69, 9.17) is 5.73 Å². The molecule has 0 aliphatic heterocycles. The molecule has 2 aromatic heterocycles. The Morgan fingerprint density at radius 2 is 2.06 bits per heavy atom. The van der Waals surface area contributed by atoms with E-state index in [0.717, 1.165) is 4.57 Å². The lowest BCUT2D eigenvalue weighted by Gasteiger charge is -2.13. The van der Waals surface area contributed by atoms with E-state index in [0.29, 0.717) is 23.3 Å². The molecule has 0 aromatic carbocycles. The molecular weight excluding hydrogens is 232 g/mol. The lowest BCUT2D eigenvalue weighted by molar-refractivity contribution is 0.500. The summed E-state index contributed by atoms with van der Waals surface area (Å²) in [6.45, 7) is 4.49. The van der Waals surface area contributed by atoms with Crippen molar-refractivity contribution in [3.05, 3.63) is 33.1 Å². The van der Waals surface area contributed by atoms with E-state index in [1.54, 1.807) is 6.07 Å². The summed E-state index contributed by atoms with van der Waals surface area (Å²) >= 11 is 0. The summed E-state index contributed by atoms with van der Waals surface area (Å²) in [4.78, 5) is 28.3. The van der Waals surface area contributed by atoms with E-state index < -0.39 is 5.56 Å². The van der Waals surface area contributed by atoms with Crippen LogP contribution in [0.3, 0.4) is 0 Å². The Labute approximate surface area is 104 Å². The largest absolute Gasteiger partial charge is 0.398 e. The van der Waals surface area contributed by atoms with Gasteiger partial charge in [-0.3, -0.25) is 13.9 Å². The number of nitrogens with zero attached hydrogens (tertiary/aromatic N) is 3. The van der Waals surface area contributed by atoms with E-state index in [1.165, 1.54) is 17.8 Å². The van der Waals surface area contributed by atoms with E-state index in [1.807, 2.05) is 13.8 Å². The van der Waals surface area contributed by atoms with Crippen molar-refractivity contribution in [2.45, 2.75) is 20.4 Å². The third-order valence-corrected chi connectivity index (χ3v) is 2.80. The summed E-state index contributed by atoms with van der Waals surface area (Å²) < 4.78 is 2.57. The normalized spacial score (nSPS) is 11.3. The summed E-state index contributed by atoms with van der Waals surface area (Å²) in [5.74, 6) is 0.270. The highest BCUT2D eigenvalue weighted by molar-refractivity contribution is 5.86. The van der Waals surface area contributed by atoms with Gasteiger partial charge in [0, 0.05) is 25.5 Å². The second-order valence-corrected chi connectivity index (χ2v) is 4.75. The maximum atomic E-state index is 12.1. The standard InChI is InChI=1S/C12H16N4O2/c1-7(2)6-16-10-9(8(13)4-5-14-10)11(17)15(3)12(16)18/h4-5,7H,6H2,1-3H3,(H2,13,14). The number of nitrogen functional groups attached to an aromatic ring is 1. The second-order valence-electron chi connectivity index (χ2n) is 4.75. The zero-order chi connectivity index (χ0) is 13.4. The molecule has 0 saturated heterocycles. The van der Waals surface area contributed by atoms with Gasteiger partial charge in [0.15, 0.2) is 5.65 Å². The summed E-state index contributed by atoms with van der Waals surface area (Å²) in [6.07, 6.45) is 1.51. The Kier molecular flexibility index (Phi) is 2.94. The molecule has 0 aliphatic rings. The van der Waals surface area contributed by atoms with Gasteiger partial charge in [0.1, 0.15) is 5.39 Å². The predicted octanol–water partition coefficient (Wildman–Crippen LogP) is 0.333. The molecule has 0 saturated carbocycles. The van der Waals surface area contributed by atoms with E-state index >= 15 is 0 Å². The van der Waals surface area contributed by atoms with Gasteiger partial charge in [-0.05, 0) is 12.0 Å². The van der Waals surface area contributed by atoms with Gasteiger partial charge >= 0.3 is 5.69 Å². The van der Waals surface area contributed by atoms with E-state index in [-0.39, 0.29) is 11.6 Å². The molecule has 2 aromatic rings. The first-order chi connectivity index (χ1) is 8.43. The van der Waals surface area contributed by atoms with Gasteiger partial charge in [0.25, 0.3) is 5.56 Å². The van der Waals surface area contributed by atoms with Crippen molar-refractivity contribution in [2.75, 3.05) is 5.73 Å². The minimum atomic E-state index is -0.402. The molecule has 2 heterocycles. The topological polar surface area (TPSA) is 82.9 Å². The van der Waals surface area contributed by atoms with Gasteiger partial charge in [-0.15, -0.1) is 0 Å². The van der Waals surface area contributed by atoms with Crippen LogP contribution in [-0.4, -0.2) is 14.1 Å². The van der Waals surface area contributed by atoms with Gasteiger partial charge in [-0.2, -0.15) is 0 Å². The molecule has 0 aliphatic carbocycles. The maximum absolute atomic E-state index is 12.1. The van der Waals surface area contributed by atoms with Crippen molar-refractivity contribution in [1.82, 2.24) is 14.1 Å².